The SMILES string of the molecule is COC1CCC2(CC1)Cc1ccc(OCC3CCC3)cc1C2=NS(=O)C(C)(C)C. The Hall–Kier alpha value is -1.20. The van der Waals surface area contributed by atoms with Gasteiger partial charge in [0.2, 0.25) is 0 Å². The Bertz CT molecular complexity index is 799. The molecule has 0 amide bonds. The smallest absolute Gasteiger partial charge is 0.145 e. The van der Waals surface area contributed by atoms with Crippen molar-refractivity contribution < 1.29 is 13.7 Å². The Morgan fingerprint density at radius 1 is 1.17 bits per heavy atom. The molecular weight excluding hydrogens is 382 g/mol. The van der Waals surface area contributed by atoms with Gasteiger partial charge in [-0.2, -0.15) is 4.40 Å². The van der Waals surface area contributed by atoms with Crippen molar-refractivity contribution in [3.05, 3.63) is 29.3 Å². The summed E-state index contributed by atoms with van der Waals surface area (Å²) in [6.45, 7) is 6.79. The van der Waals surface area contributed by atoms with E-state index in [2.05, 4.69) is 18.2 Å². The number of hydrogen-bond acceptors (Lipinski definition) is 3. The molecule has 1 aromatic carbocycles. The topological polar surface area (TPSA) is 47.9 Å². The van der Waals surface area contributed by atoms with Crippen LogP contribution in [0, 0.1) is 11.3 Å². The van der Waals surface area contributed by atoms with E-state index >= 15 is 0 Å². The second-order valence-corrected chi connectivity index (χ2v) is 12.0. The summed E-state index contributed by atoms with van der Waals surface area (Å²) in [7, 11) is 0.540. The molecule has 2 saturated carbocycles. The lowest BCUT2D eigenvalue weighted by Gasteiger charge is -2.37. The standard InChI is InChI=1S/C24H35NO3S/c1-23(2,3)29(26)25-22-21-14-20(28-16-17-6-5-7-17)9-8-18(21)15-24(22)12-10-19(27-4)11-13-24/h8-9,14,17,19H,5-7,10-13,15-16H2,1-4H3. The average molecular weight is 418 g/mol. The molecule has 0 aromatic heterocycles. The molecule has 0 aliphatic heterocycles. The fourth-order valence-electron chi connectivity index (χ4n) is 4.79. The van der Waals surface area contributed by atoms with Crippen molar-refractivity contribution in [1.82, 2.24) is 0 Å². The van der Waals surface area contributed by atoms with Gasteiger partial charge in [-0.05, 0) is 89.3 Å². The Labute approximate surface area is 178 Å². The predicted octanol–water partition coefficient (Wildman–Crippen LogP) is 5.25. The van der Waals surface area contributed by atoms with E-state index in [0.29, 0.717) is 12.0 Å². The maximum Gasteiger partial charge on any atom is 0.145 e. The number of nitrogens with zero attached hydrogens (tertiary/aromatic N) is 1. The maximum absolute atomic E-state index is 13.0. The monoisotopic (exact) mass is 417 g/mol. The number of benzene rings is 1. The summed E-state index contributed by atoms with van der Waals surface area (Å²) < 4.78 is 29.2. The van der Waals surface area contributed by atoms with Gasteiger partial charge in [-0.15, -0.1) is 0 Å². The normalized spacial score (nSPS) is 29.7. The van der Waals surface area contributed by atoms with Crippen LogP contribution >= 0.6 is 0 Å². The molecule has 5 heteroatoms. The zero-order chi connectivity index (χ0) is 20.6. The van der Waals surface area contributed by atoms with Crippen LogP contribution < -0.4 is 4.74 Å². The van der Waals surface area contributed by atoms with Gasteiger partial charge in [-0.25, -0.2) is 4.21 Å². The fourth-order valence-corrected chi connectivity index (χ4v) is 5.52. The van der Waals surface area contributed by atoms with Crippen molar-refractivity contribution in [1.29, 1.82) is 0 Å². The minimum Gasteiger partial charge on any atom is -0.493 e. The second kappa shape index (κ2) is 8.14. The van der Waals surface area contributed by atoms with E-state index in [1.54, 1.807) is 7.11 Å². The van der Waals surface area contributed by atoms with Crippen LogP contribution in [-0.2, 0) is 22.1 Å². The highest BCUT2D eigenvalue weighted by molar-refractivity contribution is 7.85. The van der Waals surface area contributed by atoms with Crippen LogP contribution in [0.15, 0.2) is 22.6 Å². The molecule has 4 nitrogen and oxygen atoms in total. The van der Waals surface area contributed by atoms with E-state index in [4.69, 9.17) is 13.9 Å². The first kappa shape index (κ1) is 21.0. The third-order valence-corrected chi connectivity index (χ3v) is 8.40. The molecule has 1 spiro atoms. The van der Waals surface area contributed by atoms with Crippen LogP contribution in [0.2, 0.25) is 0 Å². The molecule has 0 heterocycles. The Morgan fingerprint density at radius 2 is 1.90 bits per heavy atom. The number of ether oxygens (including phenoxy) is 2. The summed E-state index contributed by atoms with van der Waals surface area (Å²) in [4.78, 5) is 0. The van der Waals surface area contributed by atoms with Crippen LogP contribution in [0.25, 0.3) is 0 Å². The van der Waals surface area contributed by atoms with Gasteiger partial charge in [0.1, 0.15) is 16.7 Å². The third kappa shape index (κ3) is 4.32. The van der Waals surface area contributed by atoms with E-state index in [1.807, 2.05) is 20.8 Å². The summed E-state index contributed by atoms with van der Waals surface area (Å²) in [6, 6.07) is 6.47. The Balaban J connectivity index is 1.65. The van der Waals surface area contributed by atoms with Gasteiger partial charge >= 0.3 is 0 Å². The van der Waals surface area contributed by atoms with Crippen molar-refractivity contribution in [3.63, 3.8) is 0 Å². The summed E-state index contributed by atoms with van der Waals surface area (Å²) in [5.74, 6) is 1.63. The van der Waals surface area contributed by atoms with E-state index < -0.39 is 11.0 Å². The quantitative estimate of drug-likeness (QED) is 0.657. The molecule has 1 aromatic rings. The van der Waals surface area contributed by atoms with E-state index in [1.165, 1.54) is 24.8 Å². The van der Waals surface area contributed by atoms with Gasteiger partial charge in [0.05, 0.1) is 23.2 Å². The minimum atomic E-state index is -1.27. The Morgan fingerprint density at radius 3 is 2.48 bits per heavy atom. The lowest BCUT2D eigenvalue weighted by Crippen LogP contribution is -2.36. The third-order valence-electron chi connectivity index (χ3n) is 7.00. The number of methoxy groups -OCH3 is 1. The van der Waals surface area contributed by atoms with Crippen molar-refractivity contribution in [3.8, 4) is 5.75 Å². The molecule has 4 rings (SSSR count). The van der Waals surface area contributed by atoms with Gasteiger partial charge in [0.25, 0.3) is 0 Å². The molecule has 0 bridgehead atoms. The van der Waals surface area contributed by atoms with Crippen LogP contribution in [-0.4, -0.2) is 34.5 Å². The zero-order valence-corrected chi connectivity index (χ0v) is 19.1. The van der Waals surface area contributed by atoms with Crippen LogP contribution in [0.4, 0.5) is 0 Å². The van der Waals surface area contributed by atoms with Gasteiger partial charge in [0.15, 0.2) is 0 Å². The molecule has 29 heavy (non-hydrogen) atoms. The first-order valence-corrected chi connectivity index (χ1v) is 12.2. The first-order valence-electron chi connectivity index (χ1n) is 11.1. The molecule has 0 radical (unpaired) electrons. The largest absolute Gasteiger partial charge is 0.493 e. The van der Waals surface area contributed by atoms with Crippen molar-refractivity contribution in [2.45, 2.75) is 83.0 Å². The van der Waals surface area contributed by atoms with Crippen molar-refractivity contribution in [2.75, 3.05) is 13.7 Å². The number of fused-ring (bicyclic) bond motifs is 1. The Kier molecular flexibility index (Phi) is 5.91. The maximum atomic E-state index is 13.0. The van der Waals surface area contributed by atoms with Crippen LogP contribution in [0.1, 0.15) is 76.8 Å². The molecule has 160 valence electrons. The lowest BCUT2D eigenvalue weighted by atomic mass is 9.70. The lowest BCUT2D eigenvalue weighted by molar-refractivity contribution is 0.0468. The van der Waals surface area contributed by atoms with E-state index in [9.17, 15) is 4.21 Å². The zero-order valence-electron chi connectivity index (χ0n) is 18.3. The van der Waals surface area contributed by atoms with Gasteiger partial charge in [-0.1, -0.05) is 12.5 Å². The molecule has 0 saturated heterocycles. The molecule has 3 aliphatic carbocycles. The molecule has 1 atom stereocenters. The highest BCUT2D eigenvalue weighted by Crippen LogP contribution is 2.49. The molecule has 0 N–H and O–H groups in total. The van der Waals surface area contributed by atoms with Crippen molar-refractivity contribution >= 4 is 16.7 Å². The van der Waals surface area contributed by atoms with Gasteiger partial charge < -0.3 is 9.47 Å². The number of hydrogen-bond donors (Lipinski definition) is 0. The first-order chi connectivity index (χ1) is 13.8. The van der Waals surface area contributed by atoms with Gasteiger partial charge in [-0.3, -0.25) is 0 Å². The summed E-state index contributed by atoms with van der Waals surface area (Å²) >= 11 is 0. The molecule has 2 fully saturated rings. The van der Waals surface area contributed by atoms with Crippen LogP contribution in [0.5, 0.6) is 5.75 Å². The highest BCUT2D eigenvalue weighted by atomic mass is 32.2. The fraction of sp³-hybridized carbons (Fsp3) is 0.708. The second-order valence-electron chi connectivity index (χ2n) is 10.1. The van der Waals surface area contributed by atoms with E-state index in [-0.39, 0.29) is 10.2 Å². The predicted molar refractivity (Wildman–Crippen MR) is 119 cm³/mol. The summed E-state index contributed by atoms with van der Waals surface area (Å²) in [6.07, 6.45) is 9.38. The van der Waals surface area contributed by atoms with E-state index in [0.717, 1.165) is 55.7 Å². The van der Waals surface area contributed by atoms with Crippen molar-refractivity contribution in [2.24, 2.45) is 15.7 Å². The highest BCUT2D eigenvalue weighted by Gasteiger charge is 2.46. The molecule has 1 unspecified atom stereocenters. The summed E-state index contributed by atoms with van der Waals surface area (Å²) in [5.41, 5.74) is 3.51. The molecule has 3 aliphatic rings. The average Bonchev–Trinajstić information content (AvgIpc) is 2.93. The number of rotatable bonds is 5. The van der Waals surface area contributed by atoms with Crippen LogP contribution in [0.3, 0.4) is 0 Å². The molecular formula is C24H35NO3S. The summed E-state index contributed by atoms with van der Waals surface area (Å²) in [5, 5.41) is 0. The van der Waals surface area contributed by atoms with Gasteiger partial charge in [0, 0.05) is 18.1 Å². The minimum absolute atomic E-state index is 0.00906.